The van der Waals surface area contributed by atoms with Crippen LogP contribution >= 0.6 is 34.5 Å². The molecular weight excluding hydrogens is 419 g/mol. The molecule has 3 aromatic rings. The first-order valence-electron chi connectivity index (χ1n) is 8.77. The zero-order valence-electron chi connectivity index (χ0n) is 15.8. The molecule has 0 atom stereocenters. The number of carbonyl (C=O) groups is 2. The van der Waals surface area contributed by atoms with E-state index in [4.69, 9.17) is 23.2 Å². The average Bonchev–Trinajstić information content (AvgIpc) is 3.18. The predicted molar refractivity (Wildman–Crippen MR) is 115 cm³/mol. The van der Waals surface area contributed by atoms with Crippen molar-refractivity contribution in [3.8, 4) is 0 Å². The number of fused-ring (bicyclic) bond motifs is 1. The summed E-state index contributed by atoms with van der Waals surface area (Å²) in [5.41, 5.74) is 1.34. The summed E-state index contributed by atoms with van der Waals surface area (Å²) >= 11 is 13.4. The predicted octanol–water partition coefficient (Wildman–Crippen LogP) is 4.74. The van der Waals surface area contributed by atoms with Gasteiger partial charge in [0.25, 0.3) is 5.91 Å². The Morgan fingerprint density at radius 2 is 2.04 bits per heavy atom. The number of amides is 2. The molecule has 0 bridgehead atoms. The lowest BCUT2D eigenvalue weighted by atomic mass is 10.2. The van der Waals surface area contributed by atoms with E-state index in [0.29, 0.717) is 27.2 Å². The zero-order chi connectivity index (χ0) is 20.4. The molecule has 3 rings (SSSR count). The van der Waals surface area contributed by atoms with Crippen LogP contribution in [-0.2, 0) is 11.8 Å². The second-order valence-corrected chi connectivity index (χ2v) is 8.31. The lowest BCUT2D eigenvalue weighted by molar-refractivity contribution is -0.116. The summed E-state index contributed by atoms with van der Waals surface area (Å²) in [6.45, 7) is 4.30. The van der Waals surface area contributed by atoms with Crippen molar-refractivity contribution >= 4 is 62.3 Å². The quantitative estimate of drug-likeness (QED) is 0.603. The molecule has 0 radical (unpaired) electrons. The molecule has 0 unspecified atom stereocenters. The van der Waals surface area contributed by atoms with E-state index in [0.717, 1.165) is 22.3 Å². The van der Waals surface area contributed by atoms with Crippen LogP contribution in [0.4, 0.5) is 5.69 Å². The van der Waals surface area contributed by atoms with Crippen LogP contribution in [0.5, 0.6) is 0 Å². The Morgan fingerprint density at radius 3 is 2.68 bits per heavy atom. The van der Waals surface area contributed by atoms with Crippen molar-refractivity contribution < 1.29 is 9.59 Å². The molecule has 2 heterocycles. The van der Waals surface area contributed by atoms with Crippen molar-refractivity contribution in [3.63, 3.8) is 0 Å². The Morgan fingerprint density at radius 1 is 1.29 bits per heavy atom. The van der Waals surface area contributed by atoms with Gasteiger partial charge in [0.15, 0.2) is 0 Å². The molecule has 0 saturated carbocycles. The van der Waals surface area contributed by atoms with Gasteiger partial charge in [0, 0.05) is 24.0 Å². The molecule has 1 N–H and O–H groups in total. The molecule has 2 aromatic heterocycles. The number of nitrogens with zero attached hydrogens (tertiary/aromatic N) is 3. The minimum absolute atomic E-state index is 0.0584. The van der Waals surface area contributed by atoms with Crippen LogP contribution in [0.1, 0.15) is 28.7 Å². The molecule has 148 valence electrons. The van der Waals surface area contributed by atoms with E-state index in [-0.39, 0.29) is 18.4 Å². The highest BCUT2D eigenvalue weighted by Gasteiger charge is 2.22. The van der Waals surface area contributed by atoms with Gasteiger partial charge in [-0.1, -0.05) is 30.1 Å². The van der Waals surface area contributed by atoms with Crippen LogP contribution in [0.25, 0.3) is 10.2 Å². The van der Waals surface area contributed by atoms with Gasteiger partial charge < -0.3 is 10.2 Å². The summed E-state index contributed by atoms with van der Waals surface area (Å²) < 4.78 is 1.77. The van der Waals surface area contributed by atoms with Gasteiger partial charge in [0.05, 0.1) is 21.3 Å². The molecule has 6 nitrogen and oxygen atoms in total. The maximum atomic E-state index is 13.0. The Bertz CT molecular complexity index is 1010. The lowest BCUT2D eigenvalue weighted by Gasteiger charge is -2.21. The van der Waals surface area contributed by atoms with Crippen molar-refractivity contribution in [2.45, 2.75) is 20.3 Å². The van der Waals surface area contributed by atoms with E-state index in [2.05, 4.69) is 10.4 Å². The van der Waals surface area contributed by atoms with Crippen LogP contribution in [0.2, 0.25) is 10.0 Å². The summed E-state index contributed by atoms with van der Waals surface area (Å²) in [5, 5.41) is 8.89. The summed E-state index contributed by atoms with van der Waals surface area (Å²) in [4.78, 5) is 28.6. The number of thiophene rings is 1. The molecular formula is C19H20Cl2N4O2S. The maximum absolute atomic E-state index is 13.0. The first kappa shape index (κ1) is 20.6. The summed E-state index contributed by atoms with van der Waals surface area (Å²) in [6, 6.07) is 6.68. The molecule has 9 heteroatoms. The number of aromatic nitrogens is 2. The number of halogens is 2. The number of anilines is 1. The van der Waals surface area contributed by atoms with E-state index in [1.165, 1.54) is 11.3 Å². The Labute approximate surface area is 177 Å². The number of benzene rings is 1. The number of carbonyl (C=O) groups excluding carboxylic acids is 2. The van der Waals surface area contributed by atoms with E-state index < -0.39 is 0 Å². The molecule has 0 spiro atoms. The standard InChI is InChI=1S/C19H20Cl2N4O2S/c1-4-7-25(10-17(26)22-15-6-5-12(20)8-14(15)21)18(27)16-9-13-11(2)23-24(3)19(13)28-16/h5-6,8-9H,4,7,10H2,1-3H3,(H,22,26). The third-order valence-corrected chi connectivity index (χ3v) is 5.97. The van der Waals surface area contributed by atoms with E-state index in [1.807, 2.05) is 27.0 Å². The molecule has 0 saturated heterocycles. The Hall–Kier alpha value is -2.09. The minimum Gasteiger partial charge on any atom is -0.329 e. The van der Waals surface area contributed by atoms with Gasteiger partial charge in [-0.15, -0.1) is 11.3 Å². The fourth-order valence-corrected chi connectivity index (χ4v) is 4.49. The van der Waals surface area contributed by atoms with Crippen LogP contribution in [0.15, 0.2) is 24.3 Å². The first-order chi connectivity index (χ1) is 13.3. The summed E-state index contributed by atoms with van der Waals surface area (Å²) in [6.07, 6.45) is 0.742. The molecule has 0 aliphatic heterocycles. The van der Waals surface area contributed by atoms with Gasteiger partial charge in [-0.3, -0.25) is 14.3 Å². The summed E-state index contributed by atoms with van der Waals surface area (Å²) in [7, 11) is 1.85. The SMILES string of the molecule is CCCN(CC(=O)Nc1ccc(Cl)cc1Cl)C(=O)c1cc2c(C)nn(C)c2s1. The van der Waals surface area contributed by atoms with E-state index >= 15 is 0 Å². The number of rotatable bonds is 6. The van der Waals surface area contributed by atoms with E-state index in [1.54, 1.807) is 27.8 Å². The Kier molecular flexibility index (Phi) is 6.27. The van der Waals surface area contributed by atoms with Crippen molar-refractivity contribution in [2.75, 3.05) is 18.4 Å². The van der Waals surface area contributed by atoms with Crippen molar-refractivity contribution in [1.29, 1.82) is 0 Å². The van der Waals surface area contributed by atoms with Gasteiger partial charge in [0.2, 0.25) is 5.91 Å². The number of nitrogens with one attached hydrogen (secondary N) is 1. The third kappa shape index (κ3) is 4.32. The van der Waals surface area contributed by atoms with Gasteiger partial charge >= 0.3 is 0 Å². The van der Waals surface area contributed by atoms with Crippen LogP contribution in [0, 0.1) is 6.92 Å². The zero-order valence-corrected chi connectivity index (χ0v) is 18.1. The van der Waals surface area contributed by atoms with Gasteiger partial charge in [0.1, 0.15) is 11.4 Å². The first-order valence-corrected chi connectivity index (χ1v) is 10.3. The van der Waals surface area contributed by atoms with Gasteiger partial charge in [-0.2, -0.15) is 5.10 Å². The van der Waals surface area contributed by atoms with E-state index in [9.17, 15) is 9.59 Å². The number of hydrogen-bond acceptors (Lipinski definition) is 4. The van der Waals surface area contributed by atoms with Crippen molar-refractivity contribution in [3.05, 3.63) is 44.9 Å². The highest BCUT2D eigenvalue weighted by Crippen LogP contribution is 2.29. The summed E-state index contributed by atoms with van der Waals surface area (Å²) in [5.74, 6) is -0.482. The molecule has 0 aliphatic rings. The largest absolute Gasteiger partial charge is 0.329 e. The van der Waals surface area contributed by atoms with Gasteiger partial charge in [-0.25, -0.2) is 0 Å². The van der Waals surface area contributed by atoms with Crippen molar-refractivity contribution in [1.82, 2.24) is 14.7 Å². The maximum Gasteiger partial charge on any atom is 0.264 e. The molecule has 28 heavy (non-hydrogen) atoms. The monoisotopic (exact) mass is 438 g/mol. The number of hydrogen-bond donors (Lipinski definition) is 1. The molecule has 1 aromatic carbocycles. The fourth-order valence-electron chi connectivity index (χ4n) is 2.94. The topological polar surface area (TPSA) is 67.2 Å². The number of aryl methyl sites for hydroxylation is 2. The fraction of sp³-hybridized carbons (Fsp3) is 0.316. The normalized spacial score (nSPS) is 11.0. The third-order valence-electron chi connectivity index (χ3n) is 4.23. The second kappa shape index (κ2) is 8.51. The van der Waals surface area contributed by atoms with Crippen LogP contribution < -0.4 is 5.32 Å². The second-order valence-electron chi connectivity index (χ2n) is 6.44. The van der Waals surface area contributed by atoms with Gasteiger partial charge in [-0.05, 0) is 37.6 Å². The minimum atomic E-state index is -0.315. The highest BCUT2D eigenvalue weighted by molar-refractivity contribution is 7.20. The molecule has 0 aliphatic carbocycles. The average molecular weight is 439 g/mol. The smallest absolute Gasteiger partial charge is 0.264 e. The van der Waals surface area contributed by atoms with Crippen LogP contribution in [0.3, 0.4) is 0 Å². The van der Waals surface area contributed by atoms with Crippen LogP contribution in [-0.4, -0.2) is 39.6 Å². The highest BCUT2D eigenvalue weighted by atomic mass is 35.5. The Balaban J connectivity index is 1.76. The molecule has 2 amide bonds. The van der Waals surface area contributed by atoms with Crippen molar-refractivity contribution in [2.24, 2.45) is 7.05 Å². The molecule has 0 fully saturated rings. The lowest BCUT2D eigenvalue weighted by Crippen LogP contribution is -2.38.